The van der Waals surface area contributed by atoms with Crippen LogP contribution >= 0.6 is 0 Å². The van der Waals surface area contributed by atoms with E-state index in [1.165, 1.54) is 11.8 Å². The van der Waals surface area contributed by atoms with Crippen LogP contribution in [0.3, 0.4) is 0 Å². The number of hydrogen-bond acceptors (Lipinski definition) is 4. The average Bonchev–Trinajstić information content (AvgIpc) is 3.15. The molecule has 0 unspecified atom stereocenters. The van der Waals surface area contributed by atoms with Crippen LogP contribution in [0.15, 0.2) is 24.3 Å². The van der Waals surface area contributed by atoms with Crippen LogP contribution in [0.2, 0.25) is 0 Å². The summed E-state index contributed by atoms with van der Waals surface area (Å²) in [6.07, 6.45) is 2.27. The van der Waals surface area contributed by atoms with E-state index in [0.717, 1.165) is 12.0 Å². The summed E-state index contributed by atoms with van der Waals surface area (Å²) in [5, 5.41) is -0.436. The summed E-state index contributed by atoms with van der Waals surface area (Å²) in [6.45, 7) is 5.31. The molecule has 0 aromatic heterocycles. The lowest BCUT2D eigenvalue weighted by Gasteiger charge is -2.15. The molecule has 5 heteroatoms. The van der Waals surface area contributed by atoms with Crippen molar-refractivity contribution in [3.05, 3.63) is 35.4 Å². The SMILES string of the molecule is CCOC[C@@]1(CN)[C@@H](c2ccc(CC)cc2)[C@@H]1S(C)(=O)=O. The second kappa shape index (κ2) is 6.07. The maximum Gasteiger partial charge on any atom is 0.151 e. The Balaban J connectivity index is 2.34. The molecule has 1 aliphatic rings. The molecule has 4 nitrogen and oxygen atoms in total. The zero-order valence-electron chi connectivity index (χ0n) is 13.0. The fraction of sp³-hybridized carbons (Fsp3) is 0.625. The van der Waals surface area contributed by atoms with E-state index >= 15 is 0 Å². The number of benzene rings is 1. The summed E-state index contributed by atoms with van der Waals surface area (Å²) < 4.78 is 29.8. The van der Waals surface area contributed by atoms with Gasteiger partial charge in [0.1, 0.15) is 0 Å². The highest BCUT2D eigenvalue weighted by atomic mass is 32.2. The Kier molecular flexibility index (Phi) is 4.76. The van der Waals surface area contributed by atoms with Crippen molar-refractivity contribution in [3.63, 3.8) is 0 Å². The molecule has 1 aliphatic carbocycles. The van der Waals surface area contributed by atoms with Gasteiger partial charge in [0.05, 0.1) is 11.9 Å². The van der Waals surface area contributed by atoms with E-state index < -0.39 is 20.5 Å². The molecule has 2 rings (SSSR count). The molecule has 0 aliphatic heterocycles. The Morgan fingerprint density at radius 1 is 1.24 bits per heavy atom. The summed E-state index contributed by atoms with van der Waals surface area (Å²) in [7, 11) is -3.15. The number of rotatable bonds is 7. The Labute approximate surface area is 127 Å². The molecular formula is C16H25NO3S. The smallest absolute Gasteiger partial charge is 0.151 e. The molecule has 1 aromatic carbocycles. The molecule has 0 radical (unpaired) electrons. The highest BCUT2D eigenvalue weighted by molar-refractivity contribution is 7.91. The van der Waals surface area contributed by atoms with Crippen molar-refractivity contribution in [1.82, 2.24) is 0 Å². The maximum atomic E-state index is 12.1. The van der Waals surface area contributed by atoms with Gasteiger partial charge in [0.25, 0.3) is 0 Å². The van der Waals surface area contributed by atoms with Gasteiger partial charge in [-0.3, -0.25) is 0 Å². The first kappa shape index (κ1) is 16.5. The van der Waals surface area contributed by atoms with Crippen LogP contribution < -0.4 is 5.73 Å². The van der Waals surface area contributed by atoms with Gasteiger partial charge in [-0.1, -0.05) is 31.2 Å². The van der Waals surface area contributed by atoms with Crippen molar-refractivity contribution in [3.8, 4) is 0 Å². The molecule has 0 spiro atoms. The number of hydrogen-bond donors (Lipinski definition) is 1. The zero-order valence-corrected chi connectivity index (χ0v) is 13.8. The van der Waals surface area contributed by atoms with E-state index in [9.17, 15) is 8.42 Å². The maximum absolute atomic E-state index is 12.1. The van der Waals surface area contributed by atoms with Crippen molar-refractivity contribution >= 4 is 9.84 Å². The zero-order chi connectivity index (χ0) is 15.7. The van der Waals surface area contributed by atoms with Gasteiger partial charge >= 0.3 is 0 Å². The fourth-order valence-corrected chi connectivity index (χ4v) is 5.37. The van der Waals surface area contributed by atoms with E-state index in [1.54, 1.807) is 0 Å². The molecule has 0 saturated heterocycles. The van der Waals surface area contributed by atoms with Crippen molar-refractivity contribution in [2.45, 2.75) is 31.4 Å². The molecule has 118 valence electrons. The molecule has 1 aromatic rings. The van der Waals surface area contributed by atoms with E-state index in [-0.39, 0.29) is 5.92 Å². The van der Waals surface area contributed by atoms with Crippen LogP contribution in [-0.4, -0.2) is 39.7 Å². The van der Waals surface area contributed by atoms with Gasteiger partial charge in [-0.2, -0.15) is 0 Å². The Morgan fingerprint density at radius 2 is 1.86 bits per heavy atom. The third-order valence-corrected chi connectivity index (χ3v) is 6.21. The van der Waals surface area contributed by atoms with Crippen molar-refractivity contribution in [1.29, 1.82) is 0 Å². The summed E-state index contributed by atoms with van der Waals surface area (Å²) in [6, 6.07) is 8.19. The van der Waals surface area contributed by atoms with E-state index in [2.05, 4.69) is 19.1 Å². The molecule has 1 saturated carbocycles. The molecule has 0 amide bonds. The fourth-order valence-electron chi connectivity index (χ4n) is 3.36. The number of nitrogens with two attached hydrogens (primary N) is 1. The normalized spacial score (nSPS) is 28.6. The highest BCUT2D eigenvalue weighted by Gasteiger charge is 2.69. The first-order valence-corrected chi connectivity index (χ1v) is 9.41. The van der Waals surface area contributed by atoms with Gasteiger partial charge in [-0.05, 0) is 24.5 Å². The highest BCUT2D eigenvalue weighted by Crippen LogP contribution is 2.62. The minimum atomic E-state index is -3.15. The van der Waals surface area contributed by atoms with Gasteiger partial charge in [0.2, 0.25) is 0 Å². The predicted octanol–water partition coefficient (Wildman–Crippen LogP) is 1.74. The van der Waals surface area contributed by atoms with E-state index in [4.69, 9.17) is 10.5 Å². The first-order chi connectivity index (χ1) is 9.90. The third kappa shape index (κ3) is 3.00. The van der Waals surface area contributed by atoms with E-state index in [0.29, 0.717) is 19.8 Å². The lowest BCUT2D eigenvalue weighted by atomic mass is 9.99. The van der Waals surface area contributed by atoms with Gasteiger partial charge in [0, 0.05) is 30.7 Å². The van der Waals surface area contributed by atoms with Crippen LogP contribution in [0.4, 0.5) is 0 Å². The van der Waals surface area contributed by atoms with E-state index in [1.807, 2.05) is 19.1 Å². The summed E-state index contributed by atoms with van der Waals surface area (Å²) in [5.41, 5.74) is 7.76. The molecule has 1 fully saturated rings. The van der Waals surface area contributed by atoms with Gasteiger partial charge in [-0.15, -0.1) is 0 Å². The van der Waals surface area contributed by atoms with Crippen LogP contribution in [0.5, 0.6) is 0 Å². The number of sulfone groups is 1. The number of aryl methyl sites for hydroxylation is 1. The minimum absolute atomic E-state index is 0.0602. The second-order valence-electron chi connectivity index (χ2n) is 5.90. The quantitative estimate of drug-likeness (QED) is 0.833. The lowest BCUT2D eigenvalue weighted by Crippen LogP contribution is -2.28. The average molecular weight is 311 g/mol. The Hall–Kier alpha value is -0.910. The molecule has 0 bridgehead atoms. The topological polar surface area (TPSA) is 69.4 Å². The van der Waals surface area contributed by atoms with Gasteiger partial charge in [0.15, 0.2) is 9.84 Å². The van der Waals surface area contributed by atoms with Crippen molar-refractivity contribution in [2.75, 3.05) is 26.0 Å². The van der Waals surface area contributed by atoms with Gasteiger partial charge in [-0.25, -0.2) is 8.42 Å². The summed E-state index contributed by atoms with van der Waals surface area (Å²) >= 11 is 0. The molecular weight excluding hydrogens is 286 g/mol. The predicted molar refractivity (Wildman–Crippen MR) is 85.2 cm³/mol. The summed E-state index contributed by atoms with van der Waals surface area (Å²) in [5.74, 6) is -0.0602. The summed E-state index contributed by atoms with van der Waals surface area (Å²) in [4.78, 5) is 0. The van der Waals surface area contributed by atoms with Crippen LogP contribution in [-0.2, 0) is 21.0 Å². The lowest BCUT2D eigenvalue weighted by molar-refractivity contribution is 0.101. The monoisotopic (exact) mass is 311 g/mol. The second-order valence-corrected chi connectivity index (χ2v) is 8.06. The Morgan fingerprint density at radius 3 is 2.29 bits per heavy atom. The van der Waals surface area contributed by atoms with Crippen molar-refractivity contribution < 1.29 is 13.2 Å². The van der Waals surface area contributed by atoms with Crippen LogP contribution in [0.25, 0.3) is 0 Å². The molecule has 0 heterocycles. The van der Waals surface area contributed by atoms with Crippen LogP contribution in [0, 0.1) is 5.41 Å². The molecule has 2 N–H and O–H groups in total. The van der Waals surface area contributed by atoms with Gasteiger partial charge < -0.3 is 10.5 Å². The Bertz CT molecular complexity index is 582. The van der Waals surface area contributed by atoms with Crippen molar-refractivity contribution in [2.24, 2.45) is 11.1 Å². The molecule has 21 heavy (non-hydrogen) atoms. The first-order valence-electron chi connectivity index (χ1n) is 7.46. The standard InChI is InChI=1S/C16H25NO3S/c1-4-12-6-8-13(9-7-12)14-15(21(3,18)19)16(14,10-17)11-20-5-2/h6-9,14-15H,4-5,10-11,17H2,1-3H3/t14-,15-,16-/m0/s1. The third-order valence-electron chi connectivity index (χ3n) is 4.54. The number of ether oxygens (including phenoxy) is 1. The van der Waals surface area contributed by atoms with Crippen LogP contribution in [0.1, 0.15) is 30.9 Å². The molecule has 3 atom stereocenters. The largest absolute Gasteiger partial charge is 0.381 e. The minimum Gasteiger partial charge on any atom is -0.381 e.